The molecule has 1 fully saturated rings. The topological polar surface area (TPSA) is 75.9 Å². The van der Waals surface area contributed by atoms with Crippen LogP contribution >= 0.6 is 11.3 Å². The van der Waals surface area contributed by atoms with Crippen LogP contribution in [-0.2, 0) is 11.3 Å². The Hall–Kier alpha value is -2.45. The van der Waals surface area contributed by atoms with Gasteiger partial charge in [-0.1, -0.05) is 6.07 Å². The monoisotopic (exact) mass is 361 g/mol. The normalized spacial score (nSPS) is 14.4. The number of hydrogen-bond acceptors (Lipinski definition) is 6. The van der Waals surface area contributed by atoms with E-state index in [-0.39, 0.29) is 11.6 Å². The van der Waals surface area contributed by atoms with E-state index >= 15 is 0 Å². The second kappa shape index (κ2) is 7.62. The number of nitro benzene ring substituents is 1. The zero-order valence-electron chi connectivity index (χ0n) is 13.9. The van der Waals surface area contributed by atoms with Gasteiger partial charge in [0.1, 0.15) is 0 Å². The number of non-ortho nitro benzene ring substituents is 1. The van der Waals surface area contributed by atoms with E-state index in [0.29, 0.717) is 38.4 Å². The van der Waals surface area contributed by atoms with Gasteiger partial charge in [-0.15, -0.1) is 11.3 Å². The quantitative estimate of drug-likeness (QED) is 0.605. The number of rotatable bonds is 5. The molecule has 0 radical (unpaired) electrons. The highest BCUT2D eigenvalue weighted by atomic mass is 32.1. The number of thiophene rings is 1. The predicted molar refractivity (Wildman–Crippen MR) is 96.2 cm³/mol. The molecule has 25 heavy (non-hydrogen) atoms. The average Bonchev–Trinajstić information content (AvgIpc) is 3.14. The van der Waals surface area contributed by atoms with Crippen molar-refractivity contribution in [2.75, 3.05) is 38.3 Å². The Kier molecular flexibility index (Phi) is 5.30. The van der Waals surface area contributed by atoms with Gasteiger partial charge in [0.25, 0.3) is 11.6 Å². The van der Waals surface area contributed by atoms with Crippen molar-refractivity contribution in [2.24, 2.45) is 0 Å². The summed E-state index contributed by atoms with van der Waals surface area (Å²) in [5, 5.41) is 13.1. The van der Waals surface area contributed by atoms with E-state index < -0.39 is 4.92 Å². The first-order chi connectivity index (χ1) is 12.1. The lowest BCUT2D eigenvalue weighted by Crippen LogP contribution is -2.38. The van der Waals surface area contributed by atoms with Gasteiger partial charge in [0.2, 0.25) is 0 Å². The molecule has 1 amide bonds. The highest BCUT2D eigenvalue weighted by Gasteiger charge is 2.24. The molecule has 1 aromatic heterocycles. The molecule has 0 bridgehead atoms. The van der Waals surface area contributed by atoms with E-state index in [1.807, 2.05) is 22.4 Å². The average molecular weight is 361 g/mol. The number of carbonyl (C=O) groups is 1. The van der Waals surface area contributed by atoms with Crippen molar-refractivity contribution in [1.29, 1.82) is 0 Å². The van der Waals surface area contributed by atoms with E-state index in [1.54, 1.807) is 29.4 Å². The van der Waals surface area contributed by atoms with Crippen molar-refractivity contribution in [1.82, 2.24) is 4.90 Å². The number of carbonyl (C=O) groups excluding carboxylic acids is 1. The molecule has 0 unspecified atom stereocenters. The molecule has 2 aromatic rings. The summed E-state index contributed by atoms with van der Waals surface area (Å²) in [5.74, 6) is -0.224. The Labute approximate surface area is 149 Å². The number of morpholine rings is 1. The lowest BCUT2D eigenvalue weighted by Gasteiger charge is -2.31. The molecule has 0 aliphatic carbocycles. The number of ether oxygens (including phenoxy) is 1. The molecule has 132 valence electrons. The summed E-state index contributed by atoms with van der Waals surface area (Å²) in [6.45, 7) is 2.95. The Morgan fingerprint density at radius 2 is 2.12 bits per heavy atom. The maximum Gasteiger partial charge on any atom is 0.270 e. The first kappa shape index (κ1) is 17.4. The fourth-order valence-electron chi connectivity index (χ4n) is 2.80. The molecule has 1 aromatic carbocycles. The lowest BCUT2D eigenvalue weighted by molar-refractivity contribution is -0.384. The third kappa shape index (κ3) is 3.97. The molecule has 3 rings (SSSR count). The van der Waals surface area contributed by atoms with Gasteiger partial charge in [-0.05, 0) is 17.5 Å². The molecule has 8 heteroatoms. The molecule has 1 saturated heterocycles. The minimum absolute atomic E-state index is 0.0788. The zero-order chi connectivity index (χ0) is 17.8. The number of benzene rings is 1. The van der Waals surface area contributed by atoms with Gasteiger partial charge in [0.05, 0.1) is 35.9 Å². The van der Waals surface area contributed by atoms with E-state index in [4.69, 9.17) is 4.74 Å². The summed E-state index contributed by atoms with van der Waals surface area (Å²) in [6.07, 6.45) is 0. The second-order valence-electron chi connectivity index (χ2n) is 5.80. The van der Waals surface area contributed by atoms with Crippen LogP contribution in [0.5, 0.6) is 0 Å². The maximum absolute atomic E-state index is 13.0. The SMILES string of the molecule is CN(Cc1cccs1)C(=O)c1cc([N+](=O)[O-])ccc1N1CCOCC1. The van der Waals surface area contributed by atoms with Gasteiger partial charge < -0.3 is 14.5 Å². The molecule has 1 aliphatic rings. The summed E-state index contributed by atoms with van der Waals surface area (Å²) in [5.41, 5.74) is 0.997. The lowest BCUT2D eigenvalue weighted by atomic mass is 10.1. The predicted octanol–water partition coefficient (Wildman–Crippen LogP) is 2.77. The highest BCUT2D eigenvalue weighted by molar-refractivity contribution is 7.09. The highest BCUT2D eigenvalue weighted by Crippen LogP contribution is 2.28. The number of nitro groups is 1. The summed E-state index contributed by atoms with van der Waals surface area (Å²) in [4.78, 5) is 28.3. The summed E-state index contributed by atoms with van der Waals surface area (Å²) in [7, 11) is 1.71. The van der Waals surface area contributed by atoms with Crippen molar-refractivity contribution in [3.8, 4) is 0 Å². The maximum atomic E-state index is 13.0. The van der Waals surface area contributed by atoms with Crippen molar-refractivity contribution in [2.45, 2.75) is 6.54 Å². The van der Waals surface area contributed by atoms with Crippen LogP contribution < -0.4 is 4.90 Å². The van der Waals surface area contributed by atoms with Gasteiger partial charge in [0, 0.05) is 37.1 Å². The molecule has 0 atom stereocenters. The largest absolute Gasteiger partial charge is 0.378 e. The van der Waals surface area contributed by atoms with E-state index in [2.05, 4.69) is 0 Å². The molecular formula is C17H19N3O4S. The second-order valence-corrected chi connectivity index (χ2v) is 6.83. The van der Waals surface area contributed by atoms with Gasteiger partial charge in [-0.3, -0.25) is 14.9 Å². The van der Waals surface area contributed by atoms with Crippen LogP contribution in [0, 0.1) is 10.1 Å². The van der Waals surface area contributed by atoms with E-state index in [0.717, 1.165) is 10.6 Å². The number of anilines is 1. The fraction of sp³-hybridized carbons (Fsp3) is 0.353. The summed E-state index contributed by atoms with van der Waals surface area (Å²) in [6, 6.07) is 8.38. The fourth-order valence-corrected chi connectivity index (χ4v) is 3.56. The van der Waals surface area contributed by atoms with Gasteiger partial charge in [0.15, 0.2) is 0 Å². The minimum atomic E-state index is -0.473. The van der Waals surface area contributed by atoms with Crippen LogP contribution in [0.25, 0.3) is 0 Å². The third-order valence-corrected chi connectivity index (χ3v) is 4.95. The van der Waals surface area contributed by atoms with E-state index in [1.165, 1.54) is 12.1 Å². The van der Waals surface area contributed by atoms with Crippen LogP contribution in [0.1, 0.15) is 15.2 Å². The zero-order valence-corrected chi connectivity index (χ0v) is 14.7. The first-order valence-corrected chi connectivity index (χ1v) is 8.83. The van der Waals surface area contributed by atoms with E-state index in [9.17, 15) is 14.9 Å². The third-order valence-electron chi connectivity index (χ3n) is 4.09. The van der Waals surface area contributed by atoms with Crippen LogP contribution in [0.2, 0.25) is 0 Å². The van der Waals surface area contributed by atoms with Crippen molar-refractivity contribution < 1.29 is 14.5 Å². The summed E-state index contributed by atoms with van der Waals surface area (Å²) < 4.78 is 5.36. The van der Waals surface area contributed by atoms with Crippen molar-refractivity contribution in [3.63, 3.8) is 0 Å². The molecular weight excluding hydrogens is 342 g/mol. The van der Waals surface area contributed by atoms with Crippen LogP contribution in [-0.4, -0.2) is 49.1 Å². The number of amides is 1. The number of nitrogens with zero attached hydrogens (tertiary/aromatic N) is 3. The van der Waals surface area contributed by atoms with Crippen molar-refractivity contribution >= 4 is 28.6 Å². The Morgan fingerprint density at radius 1 is 1.36 bits per heavy atom. The van der Waals surface area contributed by atoms with Gasteiger partial charge in [-0.25, -0.2) is 0 Å². The molecule has 7 nitrogen and oxygen atoms in total. The van der Waals surface area contributed by atoms with Gasteiger partial charge >= 0.3 is 0 Å². The Balaban J connectivity index is 1.91. The van der Waals surface area contributed by atoms with Crippen LogP contribution in [0.4, 0.5) is 11.4 Å². The number of hydrogen-bond donors (Lipinski definition) is 0. The molecule has 0 spiro atoms. The first-order valence-electron chi connectivity index (χ1n) is 7.95. The smallest absolute Gasteiger partial charge is 0.270 e. The Bertz CT molecular complexity index is 757. The van der Waals surface area contributed by atoms with Crippen molar-refractivity contribution in [3.05, 3.63) is 56.3 Å². The van der Waals surface area contributed by atoms with Gasteiger partial charge in [-0.2, -0.15) is 0 Å². The molecule has 1 aliphatic heterocycles. The summed E-state index contributed by atoms with van der Waals surface area (Å²) >= 11 is 1.58. The van der Waals surface area contributed by atoms with Crippen LogP contribution in [0.15, 0.2) is 35.7 Å². The standard InChI is InChI=1S/C17H19N3O4S/c1-18(12-14-3-2-10-25-14)17(21)15-11-13(20(22)23)4-5-16(15)19-6-8-24-9-7-19/h2-5,10-11H,6-9,12H2,1H3. The van der Waals surface area contributed by atoms with Crippen LogP contribution in [0.3, 0.4) is 0 Å². The Morgan fingerprint density at radius 3 is 2.76 bits per heavy atom. The molecule has 0 saturated carbocycles. The molecule has 0 N–H and O–H groups in total. The molecule has 2 heterocycles. The minimum Gasteiger partial charge on any atom is -0.378 e.